The average Bonchev–Trinajstić information content (AvgIpc) is 2.12. The monoisotopic (exact) mass is 207 g/mol. The summed E-state index contributed by atoms with van der Waals surface area (Å²) < 4.78 is 25.4. The lowest BCUT2D eigenvalue weighted by atomic mass is 10.1. The van der Waals surface area contributed by atoms with Gasteiger partial charge in [-0.2, -0.15) is 0 Å². The highest BCUT2D eigenvalue weighted by Gasteiger charge is 2.37. The van der Waals surface area contributed by atoms with Crippen LogP contribution < -0.4 is 0 Å². The highest BCUT2D eigenvalue weighted by atomic mass is 19.3. The summed E-state index contributed by atoms with van der Waals surface area (Å²) in [6.45, 7) is -2.37. The summed E-state index contributed by atoms with van der Waals surface area (Å²) in [6, 6.07) is 0. The molecule has 1 N–H and O–H groups in total. The molecule has 0 saturated carbocycles. The van der Waals surface area contributed by atoms with Crippen LogP contribution in [0, 0.1) is 0 Å². The van der Waals surface area contributed by atoms with E-state index in [0.29, 0.717) is 11.3 Å². The third kappa shape index (κ3) is 2.47. The van der Waals surface area contributed by atoms with Crippen LogP contribution in [-0.2, 0) is 9.59 Å². The van der Waals surface area contributed by atoms with Gasteiger partial charge in [0.05, 0.1) is 6.54 Å². The zero-order valence-electron chi connectivity index (χ0n) is 7.50. The van der Waals surface area contributed by atoms with Gasteiger partial charge in [-0.3, -0.25) is 14.5 Å². The van der Waals surface area contributed by atoms with Crippen molar-refractivity contribution in [2.75, 3.05) is 13.2 Å². The number of amides is 2. The van der Waals surface area contributed by atoms with E-state index in [-0.39, 0.29) is 12.8 Å². The van der Waals surface area contributed by atoms with E-state index in [0.717, 1.165) is 0 Å². The van der Waals surface area contributed by atoms with E-state index in [9.17, 15) is 18.4 Å². The lowest BCUT2D eigenvalue weighted by molar-refractivity contribution is -0.156. The predicted molar refractivity (Wildman–Crippen MR) is 42.6 cm³/mol. The molecule has 1 aliphatic rings. The maximum absolute atomic E-state index is 12.7. The molecule has 1 aliphatic heterocycles. The van der Waals surface area contributed by atoms with Crippen LogP contribution >= 0.6 is 0 Å². The number of likely N-dealkylation sites (tertiary alicyclic amines) is 1. The minimum atomic E-state index is -3.40. The Bertz CT molecular complexity index is 239. The molecular formula is C8H11F2NO3. The van der Waals surface area contributed by atoms with E-state index >= 15 is 0 Å². The number of aliphatic hydroxyl groups is 1. The Hall–Kier alpha value is -1.04. The number of nitrogens with zero attached hydrogens (tertiary/aromatic N) is 1. The zero-order chi connectivity index (χ0) is 10.8. The Balaban J connectivity index is 2.65. The molecular weight excluding hydrogens is 196 g/mol. The maximum atomic E-state index is 12.7. The van der Waals surface area contributed by atoms with Crippen molar-refractivity contribution in [3.05, 3.63) is 0 Å². The Kier molecular flexibility index (Phi) is 3.15. The predicted octanol–water partition coefficient (Wildman–Crippen LogP) is 0.153. The van der Waals surface area contributed by atoms with Gasteiger partial charge in [0.15, 0.2) is 0 Å². The molecule has 0 radical (unpaired) electrons. The molecule has 80 valence electrons. The van der Waals surface area contributed by atoms with Gasteiger partial charge >= 0.3 is 0 Å². The smallest absolute Gasteiger partial charge is 0.288 e. The molecule has 0 aliphatic carbocycles. The van der Waals surface area contributed by atoms with Crippen LogP contribution in [0.25, 0.3) is 0 Å². The summed E-state index contributed by atoms with van der Waals surface area (Å²) >= 11 is 0. The zero-order valence-corrected chi connectivity index (χ0v) is 7.50. The summed E-state index contributed by atoms with van der Waals surface area (Å²) in [4.78, 5) is 22.7. The van der Waals surface area contributed by atoms with Gasteiger partial charge in [-0.25, -0.2) is 8.78 Å². The molecule has 2 amide bonds. The third-order valence-electron chi connectivity index (χ3n) is 2.00. The van der Waals surface area contributed by atoms with E-state index in [1.165, 1.54) is 0 Å². The second-order valence-corrected chi connectivity index (χ2v) is 3.24. The molecule has 14 heavy (non-hydrogen) atoms. The minimum absolute atomic E-state index is 0.118. The molecule has 0 spiro atoms. The quantitative estimate of drug-likeness (QED) is 0.670. The van der Waals surface area contributed by atoms with E-state index in [4.69, 9.17) is 5.11 Å². The number of rotatable bonds is 3. The van der Waals surface area contributed by atoms with Gasteiger partial charge in [0.1, 0.15) is 6.61 Å². The fourth-order valence-corrected chi connectivity index (χ4v) is 1.26. The van der Waals surface area contributed by atoms with Gasteiger partial charge in [-0.1, -0.05) is 0 Å². The summed E-state index contributed by atoms with van der Waals surface area (Å²) in [5, 5.41) is 8.30. The Morgan fingerprint density at radius 3 is 2.21 bits per heavy atom. The van der Waals surface area contributed by atoms with Crippen molar-refractivity contribution in [1.82, 2.24) is 4.90 Å². The molecule has 1 saturated heterocycles. The van der Waals surface area contributed by atoms with Gasteiger partial charge in [0.25, 0.3) is 5.92 Å². The fraction of sp³-hybridized carbons (Fsp3) is 0.750. The first-order valence-electron chi connectivity index (χ1n) is 4.28. The van der Waals surface area contributed by atoms with Crippen molar-refractivity contribution >= 4 is 11.8 Å². The highest BCUT2D eigenvalue weighted by Crippen LogP contribution is 2.19. The standard InChI is InChI=1S/C8H11F2NO3/c9-8(10,5-12)4-11-6(13)2-1-3-7(11)14/h12H,1-5H2. The molecule has 0 atom stereocenters. The SMILES string of the molecule is O=C1CCCC(=O)N1CC(F)(F)CO. The molecule has 1 fully saturated rings. The summed E-state index contributed by atoms with van der Waals surface area (Å²) in [7, 11) is 0. The van der Waals surface area contributed by atoms with Gasteiger partial charge in [0.2, 0.25) is 11.8 Å². The van der Waals surface area contributed by atoms with Crippen molar-refractivity contribution in [2.45, 2.75) is 25.2 Å². The molecule has 1 heterocycles. The number of halogens is 2. The van der Waals surface area contributed by atoms with Gasteiger partial charge in [-0.15, -0.1) is 0 Å². The molecule has 0 aromatic carbocycles. The second-order valence-electron chi connectivity index (χ2n) is 3.24. The number of carbonyl (C=O) groups is 2. The van der Waals surface area contributed by atoms with Crippen LogP contribution in [0.1, 0.15) is 19.3 Å². The number of hydrogen-bond acceptors (Lipinski definition) is 3. The van der Waals surface area contributed by atoms with Crippen LogP contribution in [0.2, 0.25) is 0 Å². The Morgan fingerprint density at radius 2 is 1.79 bits per heavy atom. The van der Waals surface area contributed by atoms with Gasteiger partial charge in [0, 0.05) is 12.8 Å². The molecule has 6 heteroatoms. The number of imide groups is 1. The molecule has 0 aromatic heterocycles. The highest BCUT2D eigenvalue weighted by molar-refractivity contribution is 5.97. The van der Waals surface area contributed by atoms with Crippen molar-refractivity contribution in [2.24, 2.45) is 0 Å². The number of aliphatic hydroxyl groups excluding tert-OH is 1. The first-order valence-corrected chi connectivity index (χ1v) is 4.28. The normalized spacial score (nSPS) is 18.9. The van der Waals surface area contributed by atoms with E-state index < -0.39 is 30.9 Å². The van der Waals surface area contributed by atoms with Crippen molar-refractivity contribution in [3.8, 4) is 0 Å². The molecule has 0 aromatic rings. The van der Waals surface area contributed by atoms with Gasteiger partial charge in [-0.05, 0) is 6.42 Å². The second kappa shape index (κ2) is 4.00. The lowest BCUT2D eigenvalue weighted by Crippen LogP contribution is -2.47. The number of piperidine rings is 1. The summed E-state index contributed by atoms with van der Waals surface area (Å²) in [6.07, 6.45) is 0.652. The van der Waals surface area contributed by atoms with Crippen LogP contribution in [0.4, 0.5) is 8.78 Å². The van der Waals surface area contributed by atoms with Crippen LogP contribution in [0.15, 0.2) is 0 Å². The first-order chi connectivity index (χ1) is 6.46. The number of hydrogen-bond donors (Lipinski definition) is 1. The van der Waals surface area contributed by atoms with E-state index in [2.05, 4.69) is 0 Å². The molecule has 0 bridgehead atoms. The lowest BCUT2D eigenvalue weighted by Gasteiger charge is -2.27. The minimum Gasteiger partial charge on any atom is -0.390 e. The maximum Gasteiger partial charge on any atom is 0.288 e. The summed E-state index contributed by atoms with van der Waals surface area (Å²) in [5.74, 6) is -4.58. The fourth-order valence-electron chi connectivity index (χ4n) is 1.26. The number of carbonyl (C=O) groups excluding carboxylic acids is 2. The topological polar surface area (TPSA) is 57.6 Å². The van der Waals surface area contributed by atoms with Crippen LogP contribution in [0.5, 0.6) is 0 Å². The first kappa shape index (κ1) is 11.0. The Labute approximate surface area is 79.5 Å². The third-order valence-corrected chi connectivity index (χ3v) is 2.00. The molecule has 4 nitrogen and oxygen atoms in total. The summed E-state index contributed by atoms with van der Waals surface area (Å²) in [5.41, 5.74) is 0. The van der Waals surface area contributed by atoms with Crippen LogP contribution in [-0.4, -0.2) is 40.9 Å². The van der Waals surface area contributed by atoms with Crippen molar-refractivity contribution < 1.29 is 23.5 Å². The van der Waals surface area contributed by atoms with Crippen molar-refractivity contribution in [1.29, 1.82) is 0 Å². The van der Waals surface area contributed by atoms with E-state index in [1.54, 1.807) is 0 Å². The molecule has 0 unspecified atom stereocenters. The average molecular weight is 207 g/mol. The van der Waals surface area contributed by atoms with Crippen LogP contribution in [0.3, 0.4) is 0 Å². The molecule has 1 rings (SSSR count). The Morgan fingerprint density at radius 1 is 1.29 bits per heavy atom. The van der Waals surface area contributed by atoms with Gasteiger partial charge < -0.3 is 5.11 Å². The largest absolute Gasteiger partial charge is 0.390 e. The van der Waals surface area contributed by atoms with Crippen molar-refractivity contribution in [3.63, 3.8) is 0 Å². The number of alkyl halides is 2. The van der Waals surface area contributed by atoms with E-state index in [1.807, 2.05) is 0 Å².